The highest BCUT2D eigenvalue weighted by Gasteiger charge is 2.70. The molecular formula is C37H30N2O5. The fourth-order valence-corrected chi connectivity index (χ4v) is 7.69. The van der Waals surface area contributed by atoms with E-state index in [0.29, 0.717) is 28.3 Å². The lowest BCUT2D eigenvalue weighted by molar-refractivity contribution is -0.122. The van der Waals surface area contributed by atoms with Gasteiger partial charge in [-0.1, -0.05) is 80.1 Å². The summed E-state index contributed by atoms with van der Waals surface area (Å²) in [7, 11) is 0. The molecule has 1 saturated heterocycles. The lowest BCUT2D eigenvalue weighted by Crippen LogP contribution is -2.49. The van der Waals surface area contributed by atoms with Gasteiger partial charge < -0.3 is 19.7 Å². The van der Waals surface area contributed by atoms with Gasteiger partial charge in [0.1, 0.15) is 11.5 Å². The van der Waals surface area contributed by atoms with Crippen LogP contribution < -0.4 is 14.8 Å². The van der Waals surface area contributed by atoms with Gasteiger partial charge in [-0.3, -0.25) is 14.4 Å². The van der Waals surface area contributed by atoms with E-state index in [4.69, 9.17) is 9.47 Å². The first-order valence-electron chi connectivity index (χ1n) is 15.0. The van der Waals surface area contributed by atoms with Gasteiger partial charge in [-0.05, 0) is 59.0 Å². The second-order valence-corrected chi connectivity index (χ2v) is 11.8. The molecule has 0 saturated carbocycles. The second kappa shape index (κ2) is 9.95. The standard InChI is InChI=1S/C37H30N2O5/c1-2-7-22-12-14-24(15-13-22)33(40)31-32(34(41)25-16-17-29-30(20-25)44-21-43-29)39-19-18-23-8-3-4-9-26(23)35(39)37(31)27-10-5-6-11-28(27)38-36(37)42/h3-6,8-20,31-32,35H,2,7,21H2,1H3,(H,38,42)/t31-,32+,35-,37+/m0/s1. The van der Waals surface area contributed by atoms with E-state index < -0.39 is 23.4 Å². The molecule has 0 unspecified atom stereocenters. The number of rotatable bonds is 6. The van der Waals surface area contributed by atoms with E-state index in [1.165, 1.54) is 0 Å². The zero-order valence-electron chi connectivity index (χ0n) is 24.2. The van der Waals surface area contributed by atoms with Gasteiger partial charge >= 0.3 is 0 Å². The van der Waals surface area contributed by atoms with Crippen LogP contribution in [0.15, 0.2) is 97.2 Å². The number of hydrogen-bond acceptors (Lipinski definition) is 6. The van der Waals surface area contributed by atoms with E-state index in [0.717, 1.165) is 35.1 Å². The van der Waals surface area contributed by atoms with Crippen LogP contribution in [0.2, 0.25) is 0 Å². The number of nitrogens with zero attached hydrogens (tertiary/aromatic N) is 1. The number of fused-ring (bicyclic) bond motifs is 7. The minimum Gasteiger partial charge on any atom is -0.454 e. The maximum Gasteiger partial charge on any atom is 0.238 e. The summed E-state index contributed by atoms with van der Waals surface area (Å²) in [5, 5.41) is 3.10. The lowest BCUT2D eigenvalue weighted by Gasteiger charge is -2.38. The summed E-state index contributed by atoms with van der Waals surface area (Å²) < 4.78 is 11.1. The van der Waals surface area contributed by atoms with E-state index >= 15 is 0 Å². The normalized spacial score (nSPS) is 23.7. The molecule has 7 heteroatoms. The van der Waals surface area contributed by atoms with Gasteiger partial charge in [0.25, 0.3) is 0 Å². The van der Waals surface area contributed by atoms with Gasteiger partial charge in [-0.25, -0.2) is 0 Å². The molecule has 4 atom stereocenters. The maximum atomic E-state index is 15.0. The average molecular weight is 583 g/mol. The quantitative estimate of drug-likeness (QED) is 0.267. The van der Waals surface area contributed by atoms with Crippen molar-refractivity contribution in [2.75, 3.05) is 12.1 Å². The number of Topliss-reactive ketones (excluding diaryl/α,β-unsaturated/α-hetero) is 2. The monoisotopic (exact) mass is 582 g/mol. The lowest BCUT2D eigenvalue weighted by atomic mass is 9.62. The molecule has 1 amide bonds. The molecule has 4 aliphatic heterocycles. The number of amides is 1. The molecule has 4 aromatic rings. The van der Waals surface area contributed by atoms with Crippen LogP contribution in [0.25, 0.3) is 6.08 Å². The van der Waals surface area contributed by atoms with Crippen molar-refractivity contribution in [2.24, 2.45) is 5.92 Å². The minimum absolute atomic E-state index is 0.0827. The number of ketones is 2. The van der Waals surface area contributed by atoms with Crippen molar-refractivity contribution in [3.63, 3.8) is 0 Å². The largest absolute Gasteiger partial charge is 0.454 e. The fraction of sp³-hybridized carbons (Fsp3) is 0.216. The Morgan fingerprint density at radius 3 is 2.48 bits per heavy atom. The third kappa shape index (κ3) is 3.65. The number of hydrogen-bond donors (Lipinski definition) is 1. The number of aryl methyl sites for hydroxylation is 1. The predicted octanol–water partition coefficient (Wildman–Crippen LogP) is 6.35. The van der Waals surface area contributed by atoms with Gasteiger partial charge in [0, 0.05) is 23.0 Å². The fourth-order valence-electron chi connectivity index (χ4n) is 7.69. The molecule has 218 valence electrons. The highest BCUT2D eigenvalue weighted by molar-refractivity contribution is 6.16. The highest BCUT2D eigenvalue weighted by atomic mass is 16.7. The molecule has 0 bridgehead atoms. The molecule has 1 N–H and O–H groups in total. The summed E-state index contributed by atoms with van der Waals surface area (Å²) in [6.07, 6.45) is 5.74. The van der Waals surface area contributed by atoms with Crippen molar-refractivity contribution in [3.05, 3.63) is 131 Å². The Bertz CT molecular complexity index is 1880. The van der Waals surface area contributed by atoms with Crippen LogP contribution in [-0.4, -0.2) is 35.2 Å². The molecular weight excluding hydrogens is 552 g/mol. The van der Waals surface area contributed by atoms with Crippen LogP contribution in [0.5, 0.6) is 11.5 Å². The van der Waals surface area contributed by atoms with Gasteiger partial charge in [0.05, 0.1) is 12.0 Å². The van der Waals surface area contributed by atoms with E-state index in [2.05, 4.69) is 12.2 Å². The summed E-state index contributed by atoms with van der Waals surface area (Å²) in [6, 6.07) is 26.6. The molecule has 1 spiro atoms. The van der Waals surface area contributed by atoms with Crippen molar-refractivity contribution < 1.29 is 23.9 Å². The Morgan fingerprint density at radius 1 is 0.886 bits per heavy atom. The number of benzene rings is 4. The Labute approximate surface area is 255 Å². The molecule has 0 aliphatic carbocycles. The predicted molar refractivity (Wildman–Crippen MR) is 166 cm³/mol. The second-order valence-electron chi connectivity index (χ2n) is 11.8. The number of carbonyl (C=O) groups excluding carboxylic acids is 3. The van der Waals surface area contributed by atoms with E-state index in [9.17, 15) is 14.4 Å². The molecule has 4 heterocycles. The van der Waals surface area contributed by atoms with Gasteiger partial charge in [-0.2, -0.15) is 0 Å². The molecule has 1 fully saturated rings. The molecule has 7 nitrogen and oxygen atoms in total. The Balaban J connectivity index is 1.37. The summed E-state index contributed by atoms with van der Waals surface area (Å²) in [5.41, 5.74) is 3.89. The number of anilines is 1. The SMILES string of the molecule is CCCc1ccc(C(=O)[C@@H]2[C@H](C(=O)c3ccc4c(c3)OCO4)N3C=Cc4ccccc4[C@H]3[C@]23C(=O)Nc2ccccc23)cc1. The summed E-state index contributed by atoms with van der Waals surface area (Å²) in [5.74, 6) is -0.745. The summed E-state index contributed by atoms with van der Waals surface area (Å²) >= 11 is 0. The molecule has 8 rings (SSSR count). The summed E-state index contributed by atoms with van der Waals surface area (Å²) in [4.78, 5) is 46.3. The molecule has 4 aromatic carbocycles. The number of carbonyl (C=O) groups is 3. The van der Waals surface area contributed by atoms with Crippen LogP contribution in [0.4, 0.5) is 5.69 Å². The van der Waals surface area contributed by atoms with Crippen molar-refractivity contribution in [3.8, 4) is 11.5 Å². The Hall–Kier alpha value is -5.17. The topological polar surface area (TPSA) is 84.9 Å². The smallest absolute Gasteiger partial charge is 0.238 e. The third-order valence-electron chi connectivity index (χ3n) is 9.56. The number of para-hydroxylation sites is 1. The zero-order chi connectivity index (χ0) is 30.0. The highest BCUT2D eigenvalue weighted by Crippen LogP contribution is 2.62. The van der Waals surface area contributed by atoms with E-state index in [1.807, 2.05) is 90.0 Å². The van der Waals surface area contributed by atoms with Crippen molar-refractivity contribution >= 4 is 29.2 Å². The summed E-state index contributed by atoms with van der Waals surface area (Å²) in [6.45, 7) is 2.20. The maximum absolute atomic E-state index is 15.0. The van der Waals surface area contributed by atoms with Crippen molar-refractivity contribution in [1.29, 1.82) is 0 Å². The zero-order valence-corrected chi connectivity index (χ0v) is 24.2. The first kappa shape index (κ1) is 26.5. The molecule has 44 heavy (non-hydrogen) atoms. The van der Waals surface area contributed by atoms with Crippen LogP contribution in [0.3, 0.4) is 0 Å². The van der Waals surface area contributed by atoms with Gasteiger partial charge in [-0.15, -0.1) is 0 Å². The number of ether oxygens (including phenoxy) is 2. The van der Waals surface area contributed by atoms with Crippen LogP contribution >= 0.6 is 0 Å². The molecule has 4 aliphatic rings. The number of nitrogens with one attached hydrogen (secondary N) is 1. The average Bonchev–Trinajstić information content (AvgIpc) is 3.74. The van der Waals surface area contributed by atoms with Crippen LogP contribution in [0, 0.1) is 5.92 Å². The van der Waals surface area contributed by atoms with Crippen LogP contribution in [-0.2, 0) is 16.6 Å². The Kier molecular flexibility index (Phi) is 5.98. The Morgan fingerprint density at radius 2 is 1.64 bits per heavy atom. The molecule has 0 aromatic heterocycles. The van der Waals surface area contributed by atoms with Crippen LogP contribution in [0.1, 0.15) is 62.4 Å². The first-order valence-corrected chi connectivity index (χ1v) is 15.0. The van der Waals surface area contributed by atoms with Crippen molar-refractivity contribution in [2.45, 2.75) is 37.3 Å². The molecule has 0 radical (unpaired) electrons. The van der Waals surface area contributed by atoms with E-state index in [1.54, 1.807) is 18.2 Å². The first-order chi connectivity index (χ1) is 21.5. The van der Waals surface area contributed by atoms with Gasteiger partial charge in [0.2, 0.25) is 12.7 Å². The minimum atomic E-state index is -1.37. The van der Waals surface area contributed by atoms with Gasteiger partial charge in [0.15, 0.2) is 23.1 Å². The van der Waals surface area contributed by atoms with Crippen molar-refractivity contribution in [1.82, 2.24) is 4.90 Å². The third-order valence-corrected chi connectivity index (χ3v) is 9.56. The van der Waals surface area contributed by atoms with E-state index in [-0.39, 0.29) is 24.3 Å².